The van der Waals surface area contributed by atoms with Gasteiger partial charge in [-0.05, 0) is 65.3 Å². The molecule has 8 nitrogen and oxygen atoms in total. The van der Waals surface area contributed by atoms with Crippen molar-refractivity contribution in [3.8, 4) is 0 Å². The third kappa shape index (κ3) is 4.42. The van der Waals surface area contributed by atoms with Gasteiger partial charge in [-0.3, -0.25) is 9.69 Å². The number of H-pyrrole nitrogens is 1. The van der Waals surface area contributed by atoms with Gasteiger partial charge in [-0.15, -0.1) is 5.10 Å². The van der Waals surface area contributed by atoms with Gasteiger partial charge in [0.15, 0.2) is 5.82 Å². The molecule has 1 unspecified atom stereocenters. The van der Waals surface area contributed by atoms with E-state index in [4.69, 9.17) is 4.42 Å². The molecule has 1 N–H and O–H groups in total. The molecule has 0 amide bonds. The van der Waals surface area contributed by atoms with Crippen molar-refractivity contribution in [3.05, 3.63) is 75.7 Å². The molecule has 5 rings (SSSR count). The van der Waals surface area contributed by atoms with E-state index < -0.39 is 0 Å². The zero-order chi connectivity index (χ0) is 23.7. The highest BCUT2D eigenvalue weighted by Gasteiger charge is 2.35. The van der Waals surface area contributed by atoms with Gasteiger partial charge >= 0.3 is 0 Å². The molecule has 3 aromatic heterocycles. The van der Waals surface area contributed by atoms with E-state index in [-0.39, 0.29) is 17.5 Å². The first-order valence-electron chi connectivity index (χ1n) is 12.2. The maximum atomic E-state index is 13.2. The van der Waals surface area contributed by atoms with E-state index in [1.807, 2.05) is 41.9 Å². The fourth-order valence-electron chi connectivity index (χ4n) is 5.35. The van der Waals surface area contributed by atoms with E-state index in [2.05, 4.69) is 45.3 Å². The highest BCUT2D eigenvalue weighted by atomic mass is 16.3. The molecule has 178 valence electrons. The lowest BCUT2D eigenvalue weighted by molar-refractivity contribution is 0.0842. The number of aromatic amines is 1. The normalized spacial score (nSPS) is 15.7. The largest absolute Gasteiger partial charge is 0.467 e. The zero-order valence-electron chi connectivity index (χ0n) is 20.1. The first kappa shape index (κ1) is 22.5. The minimum Gasteiger partial charge on any atom is -0.467 e. The molecule has 1 aliphatic carbocycles. The van der Waals surface area contributed by atoms with E-state index in [1.54, 1.807) is 6.26 Å². The third-order valence-electron chi connectivity index (χ3n) is 7.01. The monoisotopic (exact) mass is 460 g/mol. The van der Waals surface area contributed by atoms with Crippen LogP contribution in [0, 0.1) is 12.8 Å². The number of tetrazole rings is 1. The lowest BCUT2D eigenvalue weighted by Gasteiger charge is -2.37. The number of aryl methyl sites for hydroxylation is 1. The molecule has 1 fully saturated rings. The second-order valence-electron chi connectivity index (χ2n) is 9.74. The number of furan rings is 1. The third-order valence-corrected chi connectivity index (χ3v) is 7.01. The van der Waals surface area contributed by atoms with E-state index in [0.717, 1.165) is 46.5 Å². The Hall–Kier alpha value is -3.26. The van der Waals surface area contributed by atoms with E-state index in [1.165, 1.54) is 12.8 Å². The lowest BCUT2D eigenvalue weighted by Crippen LogP contribution is -2.41. The Morgan fingerprint density at radius 1 is 1.21 bits per heavy atom. The van der Waals surface area contributed by atoms with Crippen molar-refractivity contribution in [1.29, 1.82) is 0 Å². The van der Waals surface area contributed by atoms with Crippen LogP contribution in [-0.4, -0.2) is 36.1 Å². The van der Waals surface area contributed by atoms with Crippen LogP contribution in [0.3, 0.4) is 0 Å². The summed E-state index contributed by atoms with van der Waals surface area (Å²) >= 11 is 0. The summed E-state index contributed by atoms with van der Waals surface area (Å²) < 4.78 is 7.38. The Balaban J connectivity index is 1.54. The Morgan fingerprint density at radius 3 is 2.76 bits per heavy atom. The molecule has 0 radical (unpaired) electrons. The number of hydrogen-bond donors (Lipinski definition) is 1. The Labute approximate surface area is 199 Å². The SMILES string of the molecule is Cc1cccc2cc(CN(C3CCCC3)C(c3nnnn3Cc3ccco3)C(C)C)c(=O)[nH]c12. The van der Waals surface area contributed by atoms with Crippen LogP contribution in [0.1, 0.15) is 68.3 Å². The zero-order valence-corrected chi connectivity index (χ0v) is 20.1. The van der Waals surface area contributed by atoms with Gasteiger partial charge in [-0.2, -0.15) is 0 Å². The Bertz CT molecular complexity index is 1300. The summed E-state index contributed by atoms with van der Waals surface area (Å²) in [6.07, 6.45) is 6.31. The molecule has 0 spiro atoms. The second kappa shape index (κ2) is 9.54. The van der Waals surface area contributed by atoms with Gasteiger partial charge in [0.1, 0.15) is 12.3 Å². The summed E-state index contributed by atoms with van der Waals surface area (Å²) in [5.41, 5.74) is 2.74. The second-order valence-corrected chi connectivity index (χ2v) is 9.74. The van der Waals surface area contributed by atoms with Gasteiger partial charge in [0, 0.05) is 18.2 Å². The van der Waals surface area contributed by atoms with Gasteiger partial charge in [-0.25, -0.2) is 4.68 Å². The summed E-state index contributed by atoms with van der Waals surface area (Å²) in [6, 6.07) is 12.3. The van der Waals surface area contributed by atoms with Crippen LogP contribution in [0.25, 0.3) is 10.9 Å². The van der Waals surface area contributed by atoms with Crippen molar-refractivity contribution in [3.63, 3.8) is 0 Å². The first-order valence-corrected chi connectivity index (χ1v) is 12.2. The molecule has 0 aliphatic heterocycles. The molecule has 4 aromatic rings. The van der Waals surface area contributed by atoms with Gasteiger partial charge in [0.2, 0.25) is 0 Å². The summed E-state index contributed by atoms with van der Waals surface area (Å²) in [4.78, 5) is 18.7. The standard InChI is InChI=1S/C26H32N6O2/c1-17(2)24(25-28-29-30-32(25)16-22-12-7-13-34-22)31(21-10-4-5-11-21)15-20-14-19-9-6-8-18(3)23(19)27-26(20)33/h6-9,12-14,17,21,24H,4-5,10-11,15-16H2,1-3H3,(H,27,33). The van der Waals surface area contributed by atoms with E-state index in [9.17, 15) is 4.79 Å². The van der Waals surface area contributed by atoms with Crippen molar-refractivity contribution in [2.45, 2.75) is 71.6 Å². The van der Waals surface area contributed by atoms with Crippen molar-refractivity contribution >= 4 is 10.9 Å². The summed E-state index contributed by atoms with van der Waals surface area (Å²) in [7, 11) is 0. The Morgan fingerprint density at radius 2 is 2.03 bits per heavy atom. The average molecular weight is 461 g/mol. The minimum atomic E-state index is -0.0272. The van der Waals surface area contributed by atoms with Crippen LogP contribution in [0.4, 0.5) is 0 Å². The summed E-state index contributed by atoms with van der Waals surface area (Å²) in [5.74, 6) is 1.87. The quantitative estimate of drug-likeness (QED) is 0.413. The number of para-hydroxylation sites is 1. The van der Waals surface area contributed by atoms with Gasteiger partial charge in [-0.1, -0.05) is 44.9 Å². The smallest absolute Gasteiger partial charge is 0.252 e. The lowest BCUT2D eigenvalue weighted by atomic mass is 9.97. The van der Waals surface area contributed by atoms with Crippen molar-refractivity contribution < 1.29 is 4.42 Å². The molecule has 0 bridgehead atoms. The number of hydrogen-bond acceptors (Lipinski definition) is 6. The fraction of sp³-hybridized carbons (Fsp3) is 0.462. The topological polar surface area (TPSA) is 92.8 Å². The maximum Gasteiger partial charge on any atom is 0.252 e. The van der Waals surface area contributed by atoms with Crippen LogP contribution < -0.4 is 5.56 Å². The molecular formula is C26H32N6O2. The molecule has 34 heavy (non-hydrogen) atoms. The molecule has 0 saturated heterocycles. The van der Waals surface area contributed by atoms with Gasteiger partial charge in [0.05, 0.1) is 17.8 Å². The van der Waals surface area contributed by atoms with Gasteiger partial charge < -0.3 is 9.40 Å². The minimum absolute atomic E-state index is 0.0255. The molecule has 3 heterocycles. The number of benzene rings is 1. The van der Waals surface area contributed by atoms with Crippen molar-refractivity contribution in [2.24, 2.45) is 5.92 Å². The summed E-state index contributed by atoms with van der Waals surface area (Å²) in [6.45, 7) is 7.46. The predicted octanol–water partition coefficient (Wildman–Crippen LogP) is 4.61. The molecular weight excluding hydrogens is 428 g/mol. The number of fused-ring (bicyclic) bond motifs is 1. The first-order chi connectivity index (χ1) is 16.5. The molecule has 8 heteroatoms. The summed E-state index contributed by atoms with van der Waals surface area (Å²) in [5, 5.41) is 13.8. The van der Waals surface area contributed by atoms with Crippen LogP contribution in [0.2, 0.25) is 0 Å². The number of pyridine rings is 1. The number of nitrogens with one attached hydrogen (secondary N) is 1. The van der Waals surface area contributed by atoms with Gasteiger partial charge in [0.25, 0.3) is 5.56 Å². The van der Waals surface area contributed by atoms with Crippen molar-refractivity contribution in [2.75, 3.05) is 0 Å². The molecule has 1 aliphatic rings. The average Bonchev–Trinajstić information content (AvgIpc) is 3.58. The fourth-order valence-corrected chi connectivity index (χ4v) is 5.35. The van der Waals surface area contributed by atoms with E-state index >= 15 is 0 Å². The Kier molecular flexibility index (Phi) is 6.32. The highest BCUT2D eigenvalue weighted by molar-refractivity contribution is 5.81. The molecule has 1 atom stereocenters. The molecule has 1 saturated carbocycles. The van der Waals surface area contributed by atoms with E-state index in [0.29, 0.717) is 19.1 Å². The number of nitrogens with zero attached hydrogens (tertiary/aromatic N) is 5. The van der Waals surface area contributed by atoms with Crippen LogP contribution in [0.5, 0.6) is 0 Å². The van der Waals surface area contributed by atoms with Crippen molar-refractivity contribution in [1.82, 2.24) is 30.1 Å². The van der Waals surface area contributed by atoms with Crippen LogP contribution >= 0.6 is 0 Å². The predicted molar refractivity (Wildman–Crippen MR) is 130 cm³/mol. The van der Waals surface area contributed by atoms with Crippen LogP contribution in [-0.2, 0) is 13.1 Å². The molecule has 1 aromatic carbocycles. The number of aromatic nitrogens is 5. The van der Waals surface area contributed by atoms with Crippen LogP contribution in [0.15, 0.2) is 51.9 Å². The highest BCUT2D eigenvalue weighted by Crippen LogP contribution is 2.36. The number of rotatable bonds is 8. The maximum absolute atomic E-state index is 13.2.